The molecule has 0 saturated carbocycles. The van der Waals surface area contributed by atoms with Crippen molar-refractivity contribution in [2.75, 3.05) is 19.3 Å². The van der Waals surface area contributed by atoms with Gasteiger partial charge in [-0.25, -0.2) is 0 Å². The molecule has 0 fully saturated rings. The molecule has 3 N–H and O–H groups in total. The summed E-state index contributed by atoms with van der Waals surface area (Å²) in [6.45, 7) is 2.55. The maximum absolute atomic E-state index is 5.68. The van der Waals surface area contributed by atoms with Crippen LogP contribution < -0.4 is 11.1 Å². The lowest BCUT2D eigenvalue weighted by Crippen LogP contribution is -2.04. The minimum atomic E-state index is 0.674. The van der Waals surface area contributed by atoms with Gasteiger partial charge >= 0.3 is 0 Å². The second kappa shape index (κ2) is 4.48. The summed E-state index contributed by atoms with van der Waals surface area (Å²) in [5, 5.41) is 2.94. The molecule has 0 saturated heterocycles. The van der Waals surface area contributed by atoms with Crippen molar-refractivity contribution in [1.82, 2.24) is 10.3 Å². The fourth-order valence-electron chi connectivity index (χ4n) is 0.853. The predicted octanol–water partition coefficient (Wildman–Crippen LogP) is 0.543. The fourth-order valence-corrected chi connectivity index (χ4v) is 0.853. The molecular formula is C10H13N3. The lowest BCUT2D eigenvalue weighted by Gasteiger charge is -1.97. The number of nitrogens with zero attached hydrogens (tertiary/aromatic N) is 1. The van der Waals surface area contributed by atoms with Gasteiger partial charge < -0.3 is 11.1 Å². The van der Waals surface area contributed by atoms with E-state index in [1.54, 1.807) is 6.20 Å². The normalized spacial score (nSPS) is 9.08. The zero-order chi connectivity index (χ0) is 9.68. The van der Waals surface area contributed by atoms with E-state index in [-0.39, 0.29) is 0 Å². The molecule has 0 aromatic carbocycles. The highest BCUT2D eigenvalue weighted by Gasteiger charge is 1.94. The number of hydrogen-bond donors (Lipinski definition) is 2. The molecule has 13 heavy (non-hydrogen) atoms. The number of nitrogens with two attached hydrogens (primary N) is 1. The van der Waals surface area contributed by atoms with Gasteiger partial charge in [-0.15, -0.1) is 0 Å². The fraction of sp³-hybridized carbons (Fsp3) is 0.300. The molecule has 0 aliphatic carbocycles. The van der Waals surface area contributed by atoms with E-state index in [4.69, 9.17) is 5.73 Å². The monoisotopic (exact) mass is 175 g/mol. The van der Waals surface area contributed by atoms with E-state index in [0.29, 0.717) is 12.2 Å². The van der Waals surface area contributed by atoms with Gasteiger partial charge in [-0.05, 0) is 20.0 Å². The average molecular weight is 175 g/mol. The van der Waals surface area contributed by atoms with Crippen LogP contribution in [-0.4, -0.2) is 18.6 Å². The van der Waals surface area contributed by atoms with Crippen molar-refractivity contribution < 1.29 is 0 Å². The molecular weight excluding hydrogens is 162 g/mol. The van der Waals surface area contributed by atoms with Gasteiger partial charge in [0.1, 0.15) is 0 Å². The lowest BCUT2D eigenvalue weighted by atomic mass is 10.2. The van der Waals surface area contributed by atoms with Crippen molar-refractivity contribution in [3.05, 3.63) is 23.5 Å². The molecule has 0 amide bonds. The zero-order valence-corrected chi connectivity index (χ0v) is 7.89. The van der Waals surface area contributed by atoms with Crippen molar-refractivity contribution in [3.8, 4) is 11.8 Å². The Balaban J connectivity index is 2.81. The van der Waals surface area contributed by atoms with Crippen molar-refractivity contribution in [2.45, 2.75) is 6.92 Å². The highest BCUT2D eigenvalue weighted by molar-refractivity contribution is 5.48. The van der Waals surface area contributed by atoms with E-state index >= 15 is 0 Å². The number of nitrogens with one attached hydrogen (secondary N) is 1. The Morgan fingerprint density at radius 1 is 1.62 bits per heavy atom. The Morgan fingerprint density at radius 3 is 3.00 bits per heavy atom. The number of aryl methyl sites for hydroxylation is 1. The van der Waals surface area contributed by atoms with Crippen LogP contribution in [0.25, 0.3) is 0 Å². The third-order valence-electron chi connectivity index (χ3n) is 1.62. The highest BCUT2D eigenvalue weighted by Crippen LogP contribution is 2.07. The highest BCUT2D eigenvalue weighted by atomic mass is 14.8. The molecule has 3 heteroatoms. The summed E-state index contributed by atoms with van der Waals surface area (Å²) >= 11 is 0. The van der Waals surface area contributed by atoms with E-state index in [1.807, 2.05) is 20.0 Å². The standard InChI is InChI=1S/C10H13N3/c1-8-10(11)6-9(7-13-8)4-3-5-12-2/h6-7,12H,5,11H2,1-2H3. The Kier molecular flexibility index (Phi) is 3.30. The first-order valence-electron chi connectivity index (χ1n) is 4.09. The van der Waals surface area contributed by atoms with E-state index in [2.05, 4.69) is 22.1 Å². The Morgan fingerprint density at radius 2 is 2.38 bits per heavy atom. The van der Waals surface area contributed by atoms with Gasteiger partial charge in [0.25, 0.3) is 0 Å². The van der Waals surface area contributed by atoms with Crippen LogP contribution in [0.4, 0.5) is 5.69 Å². The summed E-state index contributed by atoms with van der Waals surface area (Å²) < 4.78 is 0. The van der Waals surface area contributed by atoms with Crippen molar-refractivity contribution >= 4 is 5.69 Å². The Bertz CT molecular complexity index is 347. The summed E-state index contributed by atoms with van der Waals surface area (Å²) in [6, 6.07) is 1.84. The Labute approximate surface area is 78.4 Å². The van der Waals surface area contributed by atoms with Gasteiger partial charge in [0.2, 0.25) is 0 Å². The maximum Gasteiger partial charge on any atom is 0.0602 e. The van der Waals surface area contributed by atoms with Gasteiger partial charge in [-0.2, -0.15) is 0 Å². The molecule has 1 aromatic heterocycles. The maximum atomic E-state index is 5.68. The quantitative estimate of drug-likeness (QED) is 0.613. The van der Waals surface area contributed by atoms with E-state index < -0.39 is 0 Å². The zero-order valence-electron chi connectivity index (χ0n) is 7.89. The van der Waals surface area contributed by atoms with Crippen LogP contribution in [0.15, 0.2) is 12.3 Å². The van der Waals surface area contributed by atoms with Crippen LogP contribution in [0.3, 0.4) is 0 Å². The Hall–Kier alpha value is -1.53. The molecule has 0 aliphatic rings. The topological polar surface area (TPSA) is 50.9 Å². The molecule has 0 atom stereocenters. The summed E-state index contributed by atoms with van der Waals surface area (Å²) in [4.78, 5) is 4.11. The van der Waals surface area contributed by atoms with E-state index in [0.717, 1.165) is 11.3 Å². The predicted molar refractivity (Wildman–Crippen MR) is 54.2 cm³/mol. The first kappa shape index (κ1) is 9.56. The third kappa shape index (κ3) is 2.77. The largest absolute Gasteiger partial charge is 0.397 e. The van der Waals surface area contributed by atoms with Crippen molar-refractivity contribution in [3.63, 3.8) is 0 Å². The molecule has 0 spiro atoms. The summed E-state index contributed by atoms with van der Waals surface area (Å²) in [6.07, 6.45) is 1.73. The summed E-state index contributed by atoms with van der Waals surface area (Å²) in [5.74, 6) is 5.90. The number of hydrogen-bond acceptors (Lipinski definition) is 3. The molecule has 1 aromatic rings. The van der Waals surface area contributed by atoms with Gasteiger partial charge in [0, 0.05) is 11.8 Å². The smallest absolute Gasteiger partial charge is 0.0602 e. The van der Waals surface area contributed by atoms with Crippen molar-refractivity contribution in [2.24, 2.45) is 0 Å². The van der Waals surface area contributed by atoms with Crippen LogP contribution in [0.2, 0.25) is 0 Å². The first-order valence-corrected chi connectivity index (χ1v) is 4.09. The van der Waals surface area contributed by atoms with Gasteiger partial charge in [-0.1, -0.05) is 11.8 Å². The third-order valence-corrected chi connectivity index (χ3v) is 1.62. The second-order valence-electron chi connectivity index (χ2n) is 2.73. The number of nitrogen functional groups attached to an aromatic ring is 1. The average Bonchev–Trinajstić information content (AvgIpc) is 2.12. The van der Waals surface area contributed by atoms with Crippen molar-refractivity contribution in [1.29, 1.82) is 0 Å². The second-order valence-corrected chi connectivity index (χ2v) is 2.73. The van der Waals surface area contributed by atoms with Crippen LogP contribution in [0.1, 0.15) is 11.3 Å². The van der Waals surface area contributed by atoms with Crippen LogP contribution in [0.5, 0.6) is 0 Å². The van der Waals surface area contributed by atoms with Gasteiger partial charge in [0.05, 0.1) is 17.9 Å². The SMILES string of the molecule is CNCC#Cc1cnc(C)c(N)c1. The lowest BCUT2D eigenvalue weighted by molar-refractivity contribution is 0.938. The van der Waals surface area contributed by atoms with Crippen LogP contribution in [-0.2, 0) is 0 Å². The molecule has 68 valence electrons. The summed E-state index contributed by atoms with van der Waals surface area (Å²) in [7, 11) is 1.86. The van der Waals surface area contributed by atoms with Gasteiger partial charge in [0.15, 0.2) is 0 Å². The molecule has 0 unspecified atom stereocenters. The number of anilines is 1. The van der Waals surface area contributed by atoms with Gasteiger partial charge in [-0.3, -0.25) is 4.98 Å². The van der Waals surface area contributed by atoms with Crippen LogP contribution >= 0.6 is 0 Å². The number of aromatic nitrogens is 1. The molecule has 1 heterocycles. The van der Waals surface area contributed by atoms with E-state index in [1.165, 1.54) is 0 Å². The molecule has 0 radical (unpaired) electrons. The van der Waals surface area contributed by atoms with Crippen LogP contribution in [0, 0.1) is 18.8 Å². The molecule has 3 nitrogen and oxygen atoms in total. The van der Waals surface area contributed by atoms with E-state index in [9.17, 15) is 0 Å². The number of rotatable bonds is 1. The minimum absolute atomic E-state index is 0.674. The summed E-state index contributed by atoms with van der Waals surface area (Å²) in [5.41, 5.74) is 8.08. The molecule has 0 bridgehead atoms. The molecule has 1 rings (SSSR count). The minimum Gasteiger partial charge on any atom is -0.397 e. The first-order chi connectivity index (χ1) is 6.24. The number of pyridine rings is 1. The molecule has 0 aliphatic heterocycles.